The van der Waals surface area contributed by atoms with Crippen LogP contribution in [0.2, 0.25) is 10.0 Å². The number of halogens is 2. The summed E-state index contributed by atoms with van der Waals surface area (Å²) in [5.41, 5.74) is 1.58. The van der Waals surface area contributed by atoms with Crippen molar-refractivity contribution in [3.63, 3.8) is 0 Å². The first kappa shape index (κ1) is 19.7. The summed E-state index contributed by atoms with van der Waals surface area (Å²) in [4.78, 5) is 26.6. The lowest BCUT2D eigenvalue weighted by molar-refractivity contribution is -0.122. The Kier molecular flexibility index (Phi) is 6.75. The summed E-state index contributed by atoms with van der Waals surface area (Å²) in [6.45, 7) is 1.18. The number of likely N-dealkylation sites (tertiary alicyclic amines) is 1. The number of rotatable bonds is 5. The second kappa shape index (κ2) is 9.25. The lowest BCUT2D eigenvalue weighted by atomic mass is 10.0. The predicted molar refractivity (Wildman–Crippen MR) is 108 cm³/mol. The van der Waals surface area contributed by atoms with Crippen molar-refractivity contribution in [1.82, 2.24) is 10.2 Å². The molecule has 6 heteroatoms. The zero-order valence-electron chi connectivity index (χ0n) is 15.0. The largest absolute Gasteiger partial charge is 0.353 e. The zero-order valence-corrected chi connectivity index (χ0v) is 16.5. The number of carbonyl (C=O) groups excluding carboxylic acids is 2. The Labute approximate surface area is 169 Å². The van der Waals surface area contributed by atoms with E-state index in [-0.39, 0.29) is 17.9 Å². The molecule has 0 unspecified atom stereocenters. The van der Waals surface area contributed by atoms with Crippen LogP contribution in [0.4, 0.5) is 0 Å². The van der Waals surface area contributed by atoms with E-state index in [0.717, 1.165) is 24.8 Å². The minimum absolute atomic E-state index is 0.0570. The Morgan fingerprint density at radius 3 is 2.41 bits per heavy atom. The number of nitrogens with zero attached hydrogens (tertiary/aromatic N) is 1. The molecule has 0 spiro atoms. The summed E-state index contributed by atoms with van der Waals surface area (Å²) in [6.07, 6.45) is 2.68. The number of nitrogens with one attached hydrogen (secondary N) is 1. The summed E-state index contributed by atoms with van der Waals surface area (Å²) >= 11 is 12.2. The molecule has 4 nitrogen and oxygen atoms in total. The van der Waals surface area contributed by atoms with Crippen LogP contribution >= 0.6 is 23.2 Å². The van der Waals surface area contributed by atoms with E-state index in [0.29, 0.717) is 35.1 Å². The van der Waals surface area contributed by atoms with Crippen molar-refractivity contribution < 1.29 is 9.59 Å². The van der Waals surface area contributed by atoms with E-state index in [1.165, 1.54) is 0 Å². The van der Waals surface area contributed by atoms with Crippen LogP contribution < -0.4 is 5.32 Å². The summed E-state index contributed by atoms with van der Waals surface area (Å²) in [6, 6.07) is 15.2. The first-order valence-electron chi connectivity index (χ1n) is 9.11. The van der Waals surface area contributed by atoms with Crippen LogP contribution in [0.1, 0.15) is 35.2 Å². The molecule has 142 valence electrons. The van der Waals surface area contributed by atoms with Crippen molar-refractivity contribution in [3.8, 4) is 0 Å². The zero-order chi connectivity index (χ0) is 19.2. The van der Waals surface area contributed by atoms with E-state index in [1.54, 1.807) is 23.1 Å². The molecule has 0 bridgehead atoms. The molecule has 0 radical (unpaired) electrons. The lowest BCUT2D eigenvalue weighted by Gasteiger charge is -2.32. The SMILES string of the molecule is O=C(CCc1ccccc1)NC1CCN(C(=O)c2cccc(Cl)c2Cl)CC1. The normalized spacial score (nSPS) is 14.8. The molecular weight excluding hydrogens is 383 g/mol. The number of hydrogen-bond donors (Lipinski definition) is 1. The molecule has 0 saturated carbocycles. The molecule has 1 heterocycles. The lowest BCUT2D eigenvalue weighted by Crippen LogP contribution is -2.46. The van der Waals surface area contributed by atoms with Gasteiger partial charge in [0.1, 0.15) is 0 Å². The maximum atomic E-state index is 12.7. The maximum absolute atomic E-state index is 12.7. The number of aryl methyl sites for hydroxylation is 1. The van der Waals surface area contributed by atoms with Gasteiger partial charge in [0.2, 0.25) is 5.91 Å². The van der Waals surface area contributed by atoms with Crippen molar-refractivity contribution in [1.29, 1.82) is 0 Å². The highest BCUT2D eigenvalue weighted by Crippen LogP contribution is 2.27. The van der Waals surface area contributed by atoms with Crippen LogP contribution in [-0.2, 0) is 11.2 Å². The van der Waals surface area contributed by atoms with Crippen LogP contribution in [0.25, 0.3) is 0 Å². The number of piperidine rings is 1. The molecule has 1 saturated heterocycles. The molecule has 0 aromatic heterocycles. The summed E-state index contributed by atoms with van der Waals surface area (Å²) in [7, 11) is 0. The molecule has 2 amide bonds. The van der Waals surface area contributed by atoms with Gasteiger partial charge >= 0.3 is 0 Å². The average molecular weight is 405 g/mol. The second-order valence-corrected chi connectivity index (χ2v) is 7.51. The third-order valence-corrected chi connectivity index (χ3v) is 5.63. The van der Waals surface area contributed by atoms with Crippen LogP contribution in [-0.4, -0.2) is 35.8 Å². The van der Waals surface area contributed by atoms with Crippen molar-refractivity contribution in [2.75, 3.05) is 13.1 Å². The molecule has 1 aliphatic rings. The third kappa shape index (κ3) is 5.24. The van der Waals surface area contributed by atoms with E-state index in [9.17, 15) is 9.59 Å². The quantitative estimate of drug-likeness (QED) is 0.804. The molecular formula is C21H22Cl2N2O2. The minimum Gasteiger partial charge on any atom is -0.353 e. The van der Waals surface area contributed by atoms with Crippen LogP contribution in [0.15, 0.2) is 48.5 Å². The Bertz CT molecular complexity index is 803. The van der Waals surface area contributed by atoms with E-state index < -0.39 is 0 Å². The van der Waals surface area contributed by atoms with Crippen molar-refractivity contribution >= 4 is 35.0 Å². The first-order valence-corrected chi connectivity index (χ1v) is 9.87. The second-order valence-electron chi connectivity index (χ2n) is 6.72. The van der Waals surface area contributed by atoms with Gasteiger partial charge in [0.05, 0.1) is 15.6 Å². The van der Waals surface area contributed by atoms with Crippen LogP contribution in [0.5, 0.6) is 0 Å². The van der Waals surface area contributed by atoms with E-state index in [2.05, 4.69) is 5.32 Å². The fourth-order valence-corrected chi connectivity index (χ4v) is 3.65. The highest BCUT2D eigenvalue weighted by atomic mass is 35.5. The predicted octanol–water partition coefficient (Wildman–Crippen LogP) is 4.35. The molecule has 1 aliphatic heterocycles. The Morgan fingerprint density at radius 2 is 1.70 bits per heavy atom. The van der Waals surface area contributed by atoms with E-state index in [1.807, 2.05) is 30.3 Å². The van der Waals surface area contributed by atoms with Gasteiger partial charge in [-0.25, -0.2) is 0 Å². The van der Waals surface area contributed by atoms with Gasteiger partial charge in [0.25, 0.3) is 5.91 Å². The number of hydrogen-bond acceptors (Lipinski definition) is 2. The molecule has 2 aromatic rings. The van der Waals surface area contributed by atoms with Gasteiger partial charge in [-0.3, -0.25) is 9.59 Å². The van der Waals surface area contributed by atoms with E-state index in [4.69, 9.17) is 23.2 Å². The molecule has 2 aromatic carbocycles. The van der Waals surface area contributed by atoms with Crippen molar-refractivity contribution in [2.45, 2.75) is 31.7 Å². The molecule has 3 rings (SSSR count). The van der Waals surface area contributed by atoms with Crippen molar-refractivity contribution in [3.05, 3.63) is 69.7 Å². The average Bonchev–Trinajstić information content (AvgIpc) is 2.69. The van der Waals surface area contributed by atoms with Gasteiger partial charge in [0, 0.05) is 25.6 Å². The molecule has 0 atom stereocenters. The van der Waals surface area contributed by atoms with E-state index >= 15 is 0 Å². The van der Waals surface area contributed by atoms with Crippen LogP contribution in [0, 0.1) is 0 Å². The van der Waals surface area contributed by atoms with Gasteiger partial charge in [0.15, 0.2) is 0 Å². The van der Waals surface area contributed by atoms with Gasteiger partial charge < -0.3 is 10.2 Å². The number of amides is 2. The van der Waals surface area contributed by atoms with Gasteiger partial charge in [-0.1, -0.05) is 59.6 Å². The monoisotopic (exact) mass is 404 g/mol. The van der Waals surface area contributed by atoms with Gasteiger partial charge in [-0.15, -0.1) is 0 Å². The summed E-state index contributed by atoms with van der Waals surface area (Å²) in [5.74, 6) is -0.0575. The Balaban J connectivity index is 1.46. The van der Waals surface area contributed by atoms with Gasteiger partial charge in [-0.2, -0.15) is 0 Å². The smallest absolute Gasteiger partial charge is 0.255 e. The molecule has 1 N–H and O–H groups in total. The third-order valence-electron chi connectivity index (χ3n) is 4.81. The highest BCUT2D eigenvalue weighted by Gasteiger charge is 2.26. The fourth-order valence-electron chi connectivity index (χ4n) is 3.27. The number of benzene rings is 2. The number of carbonyl (C=O) groups is 2. The molecule has 1 fully saturated rings. The fraction of sp³-hybridized carbons (Fsp3) is 0.333. The summed E-state index contributed by atoms with van der Waals surface area (Å²) < 4.78 is 0. The maximum Gasteiger partial charge on any atom is 0.255 e. The Morgan fingerprint density at radius 1 is 1.00 bits per heavy atom. The van der Waals surface area contributed by atoms with Crippen LogP contribution in [0.3, 0.4) is 0 Å². The first-order chi connectivity index (χ1) is 13.0. The molecule has 27 heavy (non-hydrogen) atoms. The van der Waals surface area contributed by atoms with Crippen molar-refractivity contribution in [2.24, 2.45) is 0 Å². The summed E-state index contributed by atoms with van der Waals surface area (Å²) in [5, 5.41) is 3.75. The minimum atomic E-state index is -0.114. The van der Waals surface area contributed by atoms with Gasteiger partial charge in [-0.05, 0) is 37.0 Å². The highest BCUT2D eigenvalue weighted by molar-refractivity contribution is 6.43. The Hall–Kier alpha value is -2.04. The molecule has 0 aliphatic carbocycles. The topological polar surface area (TPSA) is 49.4 Å². The standard InChI is InChI=1S/C21H22Cl2N2O2/c22-18-8-4-7-17(20(18)23)21(27)25-13-11-16(12-14-25)24-19(26)10-9-15-5-2-1-3-6-15/h1-8,16H,9-14H2,(H,24,26).